The Morgan fingerprint density at radius 2 is 1.72 bits per heavy atom. The van der Waals surface area contributed by atoms with Gasteiger partial charge >= 0.3 is 0 Å². The van der Waals surface area contributed by atoms with Crippen LogP contribution < -0.4 is 5.32 Å². The number of hydrogen-bond donors (Lipinski definition) is 1. The minimum atomic E-state index is -0.631. The Bertz CT molecular complexity index is 852. The number of benzene rings is 2. The van der Waals surface area contributed by atoms with Crippen LogP contribution in [-0.2, 0) is 22.6 Å². The van der Waals surface area contributed by atoms with Gasteiger partial charge in [0, 0.05) is 22.6 Å². The van der Waals surface area contributed by atoms with E-state index >= 15 is 0 Å². The first-order valence-electron chi connectivity index (χ1n) is 9.80. The van der Waals surface area contributed by atoms with Crippen molar-refractivity contribution in [2.45, 2.75) is 59.2 Å². The molecule has 0 radical (unpaired) electrons. The van der Waals surface area contributed by atoms with Gasteiger partial charge in [-0.1, -0.05) is 66.0 Å². The van der Waals surface area contributed by atoms with Crippen molar-refractivity contribution in [3.05, 3.63) is 69.2 Å². The van der Waals surface area contributed by atoms with Crippen molar-refractivity contribution in [3.8, 4) is 0 Å². The van der Waals surface area contributed by atoms with E-state index in [0.717, 1.165) is 23.1 Å². The lowest BCUT2D eigenvalue weighted by Gasteiger charge is -2.30. The molecular formula is C23H28Cl2N2O2. The van der Waals surface area contributed by atoms with Gasteiger partial charge in [0.1, 0.15) is 6.04 Å². The van der Waals surface area contributed by atoms with E-state index < -0.39 is 6.04 Å². The number of halogens is 2. The predicted molar refractivity (Wildman–Crippen MR) is 119 cm³/mol. The van der Waals surface area contributed by atoms with Gasteiger partial charge in [-0.2, -0.15) is 0 Å². The highest BCUT2D eigenvalue weighted by Gasteiger charge is 2.27. The van der Waals surface area contributed by atoms with Crippen molar-refractivity contribution in [2.75, 3.05) is 0 Å². The van der Waals surface area contributed by atoms with E-state index in [0.29, 0.717) is 10.0 Å². The van der Waals surface area contributed by atoms with Crippen LogP contribution >= 0.6 is 23.2 Å². The molecule has 0 bridgehead atoms. The zero-order chi connectivity index (χ0) is 21.6. The lowest BCUT2D eigenvalue weighted by molar-refractivity contribution is -0.140. The zero-order valence-electron chi connectivity index (χ0n) is 17.3. The summed E-state index contributed by atoms with van der Waals surface area (Å²) in [6.07, 6.45) is 1.03. The van der Waals surface area contributed by atoms with Crippen LogP contribution in [0, 0.1) is 6.92 Å². The van der Waals surface area contributed by atoms with Gasteiger partial charge in [0.15, 0.2) is 0 Å². The van der Waals surface area contributed by atoms with Crippen LogP contribution in [0.3, 0.4) is 0 Å². The smallest absolute Gasteiger partial charge is 0.242 e. The second kappa shape index (κ2) is 10.7. The summed E-state index contributed by atoms with van der Waals surface area (Å²) >= 11 is 12.3. The first-order valence-corrected chi connectivity index (χ1v) is 10.6. The third kappa shape index (κ3) is 6.76. The number of hydrogen-bond acceptors (Lipinski definition) is 2. The Hall–Kier alpha value is -2.04. The minimum absolute atomic E-state index is 0.0399. The lowest BCUT2D eigenvalue weighted by Crippen LogP contribution is -2.49. The average Bonchev–Trinajstić information content (AvgIpc) is 2.68. The van der Waals surface area contributed by atoms with Gasteiger partial charge in [0.25, 0.3) is 0 Å². The molecule has 29 heavy (non-hydrogen) atoms. The van der Waals surface area contributed by atoms with Crippen LogP contribution in [0.4, 0.5) is 0 Å². The second-order valence-corrected chi connectivity index (χ2v) is 8.26. The molecule has 0 saturated carbocycles. The van der Waals surface area contributed by atoms with Crippen LogP contribution in [0.1, 0.15) is 43.9 Å². The lowest BCUT2D eigenvalue weighted by atomic mass is 10.1. The summed E-state index contributed by atoms with van der Waals surface area (Å²) in [6.45, 7) is 7.93. The van der Waals surface area contributed by atoms with Crippen LogP contribution in [0.2, 0.25) is 10.0 Å². The molecule has 2 atom stereocenters. The van der Waals surface area contributed by atoms with E-state index in [1.807, 2.05) is 45.0 Å². The molecule has 0 aliphatic carbocycles. The van der Waals surface area contributed by atoms with Gasteiger partial charge in [-0.05, 0) is 50.5 Å². The zero-order valence-corrected chi connectivity index (χ0v) is 18.8. The maximum atomic E-state index is 13.2. The van der Waals surface area contributed by atoms with Crippen LogP contribution in [0.15, 0.2) is 42.5 Å². The maximum Gasteiger partial charge on any atom is 0.242 e. The van der Waals surface area contributed by atoms with Crippen molar-refractivity contribution >= 4 is 35.0 Å². The molecule has 0 fully saturated rings. The maximum absolute atomic E-state index is 13.2. The Morgan fingerprint density at radius 1 is 1.07 bits per heavy atom. The van der Waals surface area contributed by atoms with E-state index in [9.17, 15) is 9.59 Å². The Morgan fingerprint density at radius 3 is 2.31 bits per heavy atom. The van der Waals surface area contributed by atoms with E-state index in [-0.39, 0.29) is 30.8 Å². The van der Waals surface area contributed by atoms with Crippen LogP contribution in [0.25, 0.3) is 0 Å². The van der Waals surface area contributed by atoms with Gasteiger partial charge in [-0.15, -0.1) is 0 Å². The van der Waals surface area contributed by atoms with Crippen LogP contribution in [-0.4, -0.2) is 28.8 Å². The van der Waals surface area contributed by atoms with Gasteiger partial charge in [0.05, 0.1) is 6.42 Å². The summed E-state index contributed by atoms with van der Waals surface area (Å²) in [5, 5.41) is 3.96. The van der Waals surface area contributed by atoms with Crippen molar-refractivity contribution < 1.29 is 9.59 Å². The molecule has 2 aromatic rings. The van der Waals surface area contributed by atoms with Crippen molar-refractivity contribution in [3.63, 3.8) is 0 Å². The highest BCUT2D eigenvalue weighted by Crippen LogP contribution is 2.23. The second-order valence-electron chi connectivity index (χ2n) is 7.41. The number of aryl methyl sites for hydroxylation is 1. The molecule has 6 heteroatoms. The van der Waals surface area contributed by atoms with E-state index in [1.54, 1.807) is 30.0 Å². The minimum Gasteiger partial charge on any atom is -0.352 e. The molecule has 0 aromatic heterocycles. The Balaban J connectivity index is 2.26. The van der Waals surface area contributed by atoms with E-state index in [4.69, 9.17) is 23.2 Å². The molecule has 4 nitrogen and oxygen atoms in total. The molecule has 0 spiro atoms. The van der Waals surface area contributed by atoms with Crippen molar-refractivity contribution in [1.82, 2.24) is 10.2 Å². The molecule has 2 aromatic carbocycles. The van der Waals surface area contributed by atoms with Gasteiger partial charge < -0.3 is 10.2 Å². The van der Waals surface area contributed by atoms with Gasteiger partial charge in [0.2, 0.25) is 11.8 Å². The first-order chi connectivity index (χ1) is 13.7. The average molecular weight is 435 g/mol. The van der Waals surface area contributed by atoms with Gasteiger partial charge in [-0.25, -0.2) is 0 Å². The Labute approximate surface area is 183 Å². The number of nitrogens with one attached hydrogen (secondary N) is 1. The monoisotopic (exact) mass is 434 g/mol. The largest absolute Gasteiger partial charge is 0.352 e. The number of carbonyl (C=O) groups excluding carboxylic acids is 2. The molecule has 2 amide bonds. The summed E-state index contributed by atoms with van der Waals surface area (Å²) < 4.78 is 0. The number of carbonyl (C=O) groups is 2. The fourth-order valence-electron chi connectivity index (χ4n) is 2.86. The fourth-order valence-corrected chi connectivity index (χ4v) is 3.33. The Kier molecular flexibility index (Phi) is 8.54. The topological polar surface area (TPSA) is 49.4 Å². The molecule has 0 heterocycles. The normalized spacial score (nSPS) is 12.9. The third-order valence-corrected chi connectivity index (χ3v) is 5.59. The number of amides is 2. The first kappa shape index (κ1) is 23.2. The molecule has 0 saturated heterocycles. The molecular weight excluding hydrogens is 407 g/mol. The third-order valence-electron chi connectivity index (χ3n) is 5.00. The van der Waals surface area contributed by atoms with Crippen molar-refractivity contribution in [2.24, 2.45) is 0 Å². The SMILES string of the molecule is CC[C@@H](C)NC(=O)[C@H](C)N(Cc1ccc(Cl)cc1Cl)C(=O)Cc1ccc(C)cc1. The molecule has 156 valence electrons. The highest BCUT2D eigenvalue weighted by atomic mass is 35.5. The summed E-state index contributed by atoms with van der Waals surface area (Å²) in [7, 11) is 0. The standard InChI is InChI=1S/C23H28Cl2N2O2/c1-5-16(3)26-23(29)17(4)27(14-19-10-11-20(24)13-21(19)25)22(28)12-18-8-6-15(2)7-9-18/h6-11,13,16-17H,5,12,14H2,1-4H3,(H,26,29)/t16-,17+/m1/s1. The van der Waals surface area contributed by atoms with E-state index in [2.05, 4.69) is 5.32 Å². The fraction of sp³-hybridized carbons (Fsp3) is 0.391. The summed E-state index contributed by atoms with van der Waals surface area (Å²) in [5.41, 5.74) is 2.78. The molecule has 0 aliphatic heterocycles. The molecule has 2 rings (SSSR count). The number of rotatable bonds is 8. The van der Waals surface area contributed by atoms with Crippen LogP contribution in [0.5, 0.6) is 0 Å². The van der Waals surface area contributed by atoms with Gasteiger partial charge in [-0.3, -0.25) is 9.59 Å². The summed E-state index contributed by atoms with van der Waals surface area (Å²) in [6, 6.07) is 12.4. The molecule has 1 N–H and O–H groups in total. The molecule has 0 aliphatic rings. The van der Waals surface area contributed by atoms with Crippen molar-refractivity contribution in [1.29, 1.82) is 0 Å². The molecule has 0 unspecified atom stereocenters. The summed E-state index contributed by atoms with van der Waals surface area (Å²) in [4.78, 5) is 27.5. The highest BCUT2D eigenvalue weighted by molar-refractivity contribution is 6.35. The quantitative estimate of drug-likeness (QED) is 0.622. The number of nitrogens with zero attached hydrogens (tertiary/aromatic N) is 1. The predicted octanol–water partition coefficient (Wildman–Crippen LogP) is 5.18. The van der Waals surface area contributed by atoms with E-state index in [1.165, 1.54) is 0 Å². The summed E-state index contributed by atoms with van der Waals surface area (Å²) in [5.74, 6) is -0.312.